The second-order valence-corrected chi connectivity index (χ2v) is 7.86. The number of aryl methyl sites for hydroxylation is 1. The van der Waals surface area contributed by atoms with Gasteiger partial charge in [0.2, 0.25) is 0 Å². The van der Waals surface area contributed by atoms with E-state index in [1.54, 1.807) is 18.2 Å². The highest BCUT2D eigenvalue weighted by Gasteiger charge is 2.09. The largest absolute Gasteiger partial charge is 0.484 e. The zero-order valence-corrected chi connectivity index (χ0v) is 19.0. The molecule has 158 valence electrons. The molecule has 0 saturated heterocycles. The van der Waals surface area contributed by atoms with E-state index in [2.05, 4.69) is 32.1 Å². The van der Waals surface area contributed by atoms with Crippen LogP contribution in [-0.2, 0) is 4.79 Å². The lowest BCUT2D eigenvalue weighted by molar-refractivity contribution is -0.121. The third kappa shape index (κ3) is 6.63. The van der Waals surface area contributed by atoms with E-state index in [4.69, 9.17) is 17.0 Å². The van der Waals surface area contributed by atoms with Crippen LogP contribution in [0.5, 0.6) is 5.75 Å². The number of ether oxygens (including phenoxy) is 1. The van der Waals surface area contributed by atoms with Crippen LogP contribution >= 0.6 is 28.1 Å². The molecule has 0 bridgehead atoms. The number of hydrazine groups is 1. The first kappa shape index (κ1) is 22.5. The molecule has 8 heteroatoms. The molecule has 0 spiro atoms. The van der Waals surface area contributed by atoms with Crippen LogP contribution < -0.4 is 20.9 Å². The van der Waals surface area contributed by atoms with Gasteiger partial charge in [0.25, 0.3) is 11.8 Å². The van der Waals surface area contributed by atoms with Gasteiger partial charge in [0.1, 0.15) is 5.75 Å². The molecule has 3 aromatic rings. The van der Waals surface area contributed by atoms with Gasteiger partial charge in [-0.2, -0.15) is 0 Å². The third-order valence-electron chi connectivity index (χ3n) is 4.30. The summed E-state index contributed by atoms with van der Waals surface area (Å²) in [5.74, 6) is -0.251. The van der Waals surface area contributed by atoms with Crippen molar-refractivity contribution in [2.45, 2.75) is 6.92 Å². The molecule has 2 amide bonds. The molecule has 0 aliphatic heterocycles. The zero-order chi connectivity index (χ0) is 22.2. The summed E-state index contributed by atoms with van der Waals surface area (Å²) in [7, 11) is 0. The van der Waals surface area contributed by atoms with E-state index in [0.717, 1.165) is 21.2 Å². The Balaban J connectivity index is 1.43. The minimum absolute atomic E-state index is 0.0326. The molecule has 0 radical (unpaired) electrons. The summed E-state index contributed by atoms with van der Waals surface area (Å²) in [6.07, 6.45) is 0. The molecule has 0 aromatic heterocycles. The lowest BCUT2D eigenvalue weighted by atomic mass is 10.0. The SMILES string of the molecule is Cc1cc(OCC(=O)NC(=S)NNC(=O)c2ccc(-c3ccccc3)cc2)ccc1Br. The van der Waals surface area contributed by atoms with Crippen molar-refractivity contribution in [2.24, 2.45) is 0 Å². The van der Waals surface area contributed by atoms with Crippen LogP contribution in [0.3, 0.4) is 0 Å². The summed E-state index contributed by atoms with van der Waals surface area (Å²) in [5, 5.41) is 2.41. The Hall–Kier alpha value is -3.23. The van der Waals surface area contributed by atoms with Gasteiger partial charge in [-0.1, -0.05) is 58.4 Å². The third-order valence-corrected chi connectivity index (χ3v) is 5.39. The number of hydrogen-bond acceptors (Lipinski definition) is 4. The van der Waals surface area contributed by atoms with Crippen LogP contribution in [0.4, 0.5) is 0 Å². The topological polar surface area (TPSA) is 79.5 Å². The number of carbonyl (C=O) groups excluding carboxylic acids is 2. The van der Waals surface area contributed by atoms with E-state index < -0.39 is 5.91 Å². The van der Waals surface area contributed by atoms with Gasteiger partial charge >= 0.3 is 0 Å². The van der Waals surface area contributed by atoms with E-state index >= 15 is 0 Å². The van der Waals surface area contributed by atoms with Crippen LogP contribution in [0.1, 0.15) is 15.9 Å². The van der Waals surface area contributed by atoms with Crippen molar-refractivity contribution in [1.82, 2.24) is 16.2 Å². The van der Waals surface area contributed by atoms with Crippen molar-refractivity contribution in [3.63, 3.8) is 0 Å². The average molecular weight is 498 g/mol. The van der Waals surface area contributed by atoms with Gasteiger partial charge in [-0.05, 0) is 66.2 Å². The summed E-state index contributed by atoms with van der Waals surface area (Å²) in [5.41, 5.74) is 8.49. The predicted octanol–water partition coefficient (Wildman–Crippen LogP) is 4.14. The van der Waals surface area contributed by atoms with Gasteiger partial charge in [-0.25, -0.2) is 0 Å². The lowest BCUT2D eigenvalue weighted by Gasteiger charge is -2.12. The number of carbonyl (C=O) groups is 2. The maximum absolute atomic E-state index is 12.3. The van der Waals surface area contributed by atoms with E-state index in [1.165, 1.54) is 0 Å². The molecule has 3 rings (SSSR count). The number of rotatable bonds is 5. The van der Waals surface area contributed by atoms with Crippen LogP contribution in [0, 0.1) is 6.92 Å². The molecule has 31 heavy (non-hydrogen) atoms. The molecular formula is C23H20BrN3O3S. The quantitative estimate of drug-likeness (QED) is 0.364. The van der Waals surface area contributed by atoms with Gasteiger partial charge in [-0.3, -0.25) is 25.8 Å². The highest BCUT2D eigenvalue weighted by molar-refractivity contribution is 9.10. The number of halogens is 1. The molecule has 6 nitrogen and oxygen atoms in total. The van der Waals surface area contributed by atoms with E-state index in [9.17, 15) is 9.59 Å². The molecule has 0 unspecified atom stereocenters. The molecule has 0 heterocycles. The van der Waals surface area contributed by atoms with Gasteiger partial charge in [0.15, 0.2) is 11.7 Å². The minimum atomic E-state index is -0.445. The van der Waals surface area contributed by atoms with Gasteiger partial charge in [0, 0.05) is 10.0 Å². The first-order valence-corrected chi connectivity index (χ1v) is 10.6. The minimum Gasteiger partial charge on any atom is -0.484 e. The first-order valence-electron chi connectivity index (χ1n) is 9.37. The first-order chi connectivity index (χ1) is 14.9. The van der Waals surface area contributed by atoms with Crippen molar-refractivity contribution in [3.8, 4) is 16.9 Å². The molecule has 3 N–H and O–H groups in total. The predicted molar refractivity (Wildman–Crippen MR) is 128 cm³/mol. The Morgan fingerprint density at radius 1 is 0.935 bits per heavy atom. The number of nitrogens with one attached hydrogen (secondary N) is 3. The fourth-order valence-electron chi connectivity index (χ4n) is 2.68. The summed E-state index contributed by atoms with van der Waals surface area (Å²) in [4.78, 5) is 24.3. The normalized spacial score (nSPS) is 10.1. The number of hydrogen-bond donors (Lipinski definition) is 3. The monoisotopic (exact) mass is 497 g/mol. The fourth-order valence-corrected chi connectivity index (χ4v) is 3.09. The molecule has 3 aromatic carbocycles. The summed E-state index contributed by atoms with van der Waals surface area (Å²) >= 11 is 8.44. The van der Waals surface area contributed by atoms with Crippen LogP contribution in [0.25, 0.3) is 11.1 Å². The van der Waals surface area contributed by atoms with E-state index in [-0.39, 0.29) is 17.6 Å². The van der Waals surface area contributed by atoms with Crippen molar-refractivity contribution in [3.05, 3.63) is 88.4 Å². The Morgan fingerprint density at radius 2 is 1.61 bits per heavy atom. The standard InChI is InChI=1S/C23H20BrN3O3S/c1-15-13-19(11-12-20(15)24)30-14-21(28)25-23(31)27-26-22(29)18-9-7-17(8-10-18)16-5-3-2-4-6-16/h2-13H,14H2,1H3,(H,26,29)(H2,25,27,28,31). The summed E-state index contributed by atoms with van der Waals surface area (Å²) < 4.78 is 6.40. The smallest absolute Gasteiger partial charge is 0.269 e. The number of amides is 2. The maximum atomic E-state index is 12.3. The van der Waals surface area contributed by atoms with Crippen molar-refractivity contribution < 1.29 is 14.3 Å². The van der Waals surface area contributed by atoms with Crippen molar-refractivity contribution in [1.29, 1.82) is 0 Å². The highest BCUT2D eigenvalue weighted by Crippen LogP contribution is 2.21. The lowest BCUT2D eigenvalue weighted by Crippen LogP contribution is -2.49. The highest BCUT2D eigenvalue weighted by atomic mass is 79.9. The molecule has 0 saturated carbocycles. The Bertz CT molecular complexity index is 1090. The molecular weight excluding hydrogens is 478 g/mol. The van der Waals surface area contributed by atoms with Gasteiger partial charge in [0.05, 0.1) is 0 Å². The van der Waals surface area contributed by atoms with Crippen LogP contribution in [0.2, 0.25) is 0 Å². The maximum Gasteiger partial charge on any atom is 0.269 e. The molecule has 0 fully saturated rings. The Labute approximate surface area is 194 Å². The van der Waals surface area contributed by atoms with Crippen LogP contribution in [0.15, 0.2) is 77.3 Å². The summed E-state index contributed by atoms with van der Waals surface area (Å²) in [6.45, 7) is 1.71. The second kappa shape index (κ2) is 10.7. The van der Waals surface area contributed by atoms with E-state index in [1.807, 2.05) is 61.5 Å². The second-order valence-electron chi connectivity index (χ2n) is 6.60. The fraction of sp³-hybridized carbons (Fsp3) is 0.0870. The van der Waals surface area contributed by atoms with Crippen LogP contribution in [-0.4, -0.2) is 23.5 Å². The number of benzene rings is 3. The van der Waals surface area contributed by atoms with Gasteiger partial charge in [-0.15, -0.1) is 0 Å². The zero-order valence-electron chi connectivity index (χ0n) is 16.6. The summed E-state index contributed by atoms with van der Waals surface area (Å²) in [6, 6.07) is 22.4. The van der Waals surface area contributed by atoms with E-state index in [0.29, 0.717) is 11.3 Å². The van der Waals surface area contributed by atoms with Crippen molar-refractivity contribution in [2.75, 3.05) is 6.61 Å². The van der Waals surface area contributed by atoms with Crippen molar-refractivity contribution >= 4 is 45.1 Å². The van der Waals surface area contributed by atoms with Gasteiger partial charge < -0.3 is 4.74 Å². The Kier molecular flexibility index (Phi) is 7.75. The average Bonchev–Trinajstić information content (AvgIpc) is 2.79. The number of thiocarbonyl (C=S) groups is 1. The molecule has 0 atom stereocenters. The molecule has 0 aliphatic rings. The molecule has 0 aliphatic carbocycles. The Morgan fingerprint density at radius 3 is 2.29 bits per heavy atom.